The predicted molar refractivity (Wildman–Crippen MR) is 271 cm³/mol. The number of aromatic nitrogens is 2. The number of hydrogen-bond acceptors (Lipinski definition) is 12. The molecular weight excluding hydrogens is 911 g/mol. The molecule has 1 aliphatic rings. The van der Waals surface area contributed by atoms with Crippen molar-refractivity contribution in [1.82, 2.24) is 35.9 Å². The molecule has 5 aromatic rings. The van der Waals surface area contributed by atoms with Crippen LogP contribution in [-0.2, 0) is 46.4 Å². The molecule has 17 heteroatoms. The van der Waals surface area contributed by atoms with E-state index in [1.807, 2.05) is 94.7 Å². The van der Waals surface area contributed by atoms with Gasteiger partial charge >= 0.3 is 0 Å². The van der Waals surface area contributed by atoms with Crippen molar-refractivity contribution in [3.63, 3.8) is 0 Å². The summed E-state index contributed by atoms with van der Waals surface area (Å²) in [7, 11) is 0. The minimum Gasteiger partial charge on any atom is -0.391 e. The number of aryl methyl sites for hydroxylation is 2. The lowest BCUT2D eigenvalue weighted by molar-refractivity contribution is -0.144. The van der Waals surface area contributed by atoms with E-state index in [2.05, 4.69) is 50.6 Å². The van der Waals surface area contributed by atoms with Gasteiger partial charge in [-0.15, -0.1) is 11.3 Å². The van der Waals surface area contributed by atoms with Gasteiger partial charge in [0, 0.05) is 61.7 Å². The Labute approximate surface area is 414 Å². The molecule has 1 saturated heterocycles. The Morgan fingerprint density at radius 3 is 2.27 bits per heavy atom. The Hall–Kier alpha value is -5.79. The number of aliphatic hydroxyl groups excluding tert-OH is 1. The third-order valence-electron chi connectivity index (χ3n) is 12.5. The summed E-state index contributed by atoms with van der Waals surface area (Å²) < 4.78 is 17.4. The highest BCUT2D eigenvalue weighted by atomic mass is 32.1. The summed E-state index contributed by atoms with van der Waals surface area (Å²) in [6.45, 7) is 15.7. The van der Waals surface area contributed by atoms with E-state index < -0.39 is 35.4 Å². The van der Waals surface area contributed by atoms with Crippen molar-refractivity contribution in [1.29, 1.82) is 0 Å². The maximum absolute atomic E-state index is 14.1. The second-order valence-electron chi connectivity index (χ2n) is 18.8. The maximum Gasteiger partial charge on any atom is 0.267 e. The van der Waals surface area contributed by atoms with E-state index in [0.717, 1.165) is 57.0 Å². The number of fused-ring (bicyclic) bond motifs is 1. The summed E-state index contributed by atoms with van der Waals surface area (Å²) in [6, 6.07) is 22.0. The summed E-state index contributed by atoms with van der Waals surface area (Å²) >= 11 is 1.57. The van der Waals surface area contributed by atoms with Gasteiger partial charge in [0.1, 0.15) is 12.1 Å². The van der Waals surface area contributed by atoms with Gasteiger partial charge < -0.3 is 39.8 Å². The Morgan fingerprint density at radius 2 is 1.60 bits per heavy atom. The molecule has 1 fully saturated rings. The third kappa shape index (κ3) is 15.4. The van der Waals surface area contributed by atoms with Crippen LogP contribution in [0.2, 0.25) is 0 Å². The van der Waals surface area contributed by atoms with Gasteiger partial charge in [0.2, 0.25) is 17.7 Å². The average molecular weight is 980 g/mol. The number of nitrogens with zero attached hydrogens (tertiary/aromatic N) is 3. The molecule has 6 rings (SSSR count). The van der Waals surface area contributed by atoms with E-state index in [1.165, 1.54) is 21.9 Å². The van der Waals surface area contributed by atoms with Crippen molar-refractivity contribution in [3.8, 4) is 10.4 Å². The largest absolute Gasteiger partial charge is 0.391 e. The van der Waals surface area contributed by atoms with Gasteiger partial charge in [0.25, 0.3) is 5.91 Å². The number of nitrogens with one attached hydrogen (secondary N) is 4. The molecule has 0 unspecified atom stereocenters. The second-order valence-corrected chi connectivity index (χ2v) is 19.7. The monoisotopic (exact) mass is 979 g/mol. The molecule has 3 aromatic carbocycles. The van der Waals surface area contributed by atoms with Crippen LogP contribution in [0.4, 0.5) is 0 Å². The van der Waals surface area contributed by atoms with E-state index in [0.29, 0.717) is 39.5 Å². The number of thiazole rings is 1. The fourth-order valence-corrected chi connectivity index (χ4v) is 9.36. The third-order valence-corrected chi connectivity index (χ3v) is 13.4. The van der Waals surface area contributed by atoms with Crippen LogP contribution in [-0.4, -0.2) is 131 Å². The lowest BCUT2D eigenvalue weighted by Gasteiger charge is -2.35. The number of hydrogen-bond donors (Lipinski definition) is 6. The SMILES string of the molecule is Cc1ncsc1-c1ccc([C@H](C)NC(=O)[C@H]2C[C@@H](O)CN2C(=O)[C@@H](NC(=O)CCOCCOCCOCCN(CCc2c(C)[nH]c3ccccc23)Cc2ccc(/C=C/C(=O)NO)cc2)C(C)(C)C)cc1. The highest BCUT2D eigenvalue weighted by Gasteiger charge is 2.44. The number of H-pyrrole nitrogens is 1. The smallest absolute Gasteiger partial charge is 0.267 e. The standard InChI is InChI=1S/C53H69N7O9S/c1-35(40-16-18-41(19-17-40)49-37(3)54-34-70-49)56-51(64)46-31-42(61)33-60(46)52(65)50(53(4,5)6)57-47(62)22-25-67-27-29-69-30-28-68-26-24-59(23-21-43-36(2)55-45-10-8-7-9-44(43)45)32-39-13-11-38(12-14-39)15-20-48(63)58-66/h7-20,34-35,42,46,50,55,61,66H,21-33H2,1-6H3,(H,56,64)(H,57,62)(H,58,63)/b20-15+/t35-,42+,46+,50+/m0/s1. The van der Waals surface area contributed by atoms with Crippen LogP contribution in [0.5, 0.6) is 0 Å². The number of likely N-dealkylation sites (tertiary alicyclic amines) is 1. The minimum atomic E-state index is -0.940. The summed E-state index contributed by atoms with van der Waals surface area (Å²) in [4.78, 5) is 65.0. The van der Waals surface area contributed by atoms with Crippen molar-refractivity contribution in [2.45, 2.75) is 91.6 Å². The van der Waals surface area contributed by atoms with Crippen molar-refractivity contribution >= 4 is 51.9 Å². The fraction of sp³-hybridized carbons (Fsp3) is 0.453. The maximum atomic E-state index is 14.1. The first-order valence-electron chi connectivity index (χ1n) is 23.9. The molecule has 4 atom stereocenters. The number of aromatic amines is 1. The van der Waals surface area contributed by atoms with Crippen molar-refractivity contribution in [3.05, 3.63) is 118 Å². The molecule has 6 N–H and O–H groups in total. The number of carbonyl (C=O) groups is 4. The van der Waals surface area contributed by atoms with Crippen LogP contribution in [0.3, 0.4) is 0 Å². The van der Waals surface area contributed by atoms with Gasteiger partial charge in [-0.3, -0.25) is 29.3 Å². The molecule has 3 heterocycles. The van der Waals surface area contributed by atoms with E-state index in [-0.39, 0.29) is 50.5 Å². The Morgan fingerprint density at radius 1 is 0.914 bits per heavy atom. The minimum absolute atomic E-state index is 0.0122. The van der Waals surface area contributed by atoms with E-state index in [9.17, 15) is 24.3 Å². The molecule has 70 heavy (non-hydrogen) atoms. The van der Waals surface area contributed by atoms with Gasteiger partial charge in [-0.05, 0) is 72.6 Å². The van der Waals surface area contributed by atoms with Gasteiger partial charge in [-0.2, -0.15) is 0 Å². The summed E-state index contributed by atoms with van der Waals surface area (Å²) in [6.07, 6.45) is 3.02. The predicted octanol–water partition coefficient (Wildman–Crippen LogP) is 6.28. The van der Waals surface area contributed by atoms with Crippen LogP contribution in [0.25, 0.3) is 27.4 Å². The molecule has 0 bridgehead atoms. The van der Waals surface area contributed by atoms with Crippen LogP contribution < -0.4 is 16.1 Å². The molecular formula is C53H69N7O9S. The topological polar surface area (TPSA) is 208 Å². The number of benzene rings is 3. The summed E-state index contributed by atoms with van der Waals surface area (Å²) in [5.41, 5.74) is 11.2. The number of amides is 4. The van der Waals surface area contributed by atoms with Crippen LogP contribution >= 0.6 is 11.3 Å². The number of rotatable bonds is 25. The molecule has 16 nitrogen and oxygen atoms in total. The van der Waals surface area contributed by atoms with E-state index >= 15 is 0 Å². The number of hydroxylamine groups is 1. The van der Waals surface area contributed by atoms with Crippen LogP contribution in [0.1, 0.15) is 80.2 Å². The molecule has 1 aliphatic heterocycles. The highest BCUT2D eigenvalue weighted by Crippen LogP contribution is 2.30. The lowest BCUT2D eigenvalue weighted by atomic mass is 9.85. The van der Waals surface area contributed by atoms with Gasteiger partial charge in [0.15, 0.2) is 0 Å². The number of carbonyl (C=O) groups excluding carboxylic acids is 4. The number of aliphatic hydroxyl groups is 1. The van der Waals surface area contributed by atoms with Gasteiger partial charge in [-0.25, -0.2) is 10.5 Å². The number of para-hydroxylation sites is 1. The van der Waals surface area contributed by atoms with E-state index in [4.69, 9.17) is 19.4 Å². The molecule has 0 saturated carbocycles. The Balaban J connectivity index is 0.893. The zero-order valence-corrected chi connectivity index (χ0v) is 42.0. The molecule has 0 spiro atoms. The van der Waals surface area contributed by atoms with Crippen molar-refractivity contribution in [2.24, 2.45) is 5.41 Å². The van der Waals surface area contributed by atoms with E-state index in [1.54, 1.807) is 22.9 Å². The first kappa shape index (κ1) is 53.6. The second kappa shape index (κ2) is 25.9. The number of β-amino-alcohol motifs (C(OH)–C–C–N with tert-alkyl or cyclic N) is 1. The molecule has 0 aliphatic carbocycles. The first-order chi connectivity index (χ1) is 33.6. The lowest BCUT2D eigenvalue weighted by Crippen LogP contribution is -2.58. The zero-order valence-electron chi connectivity index (χ0n) is 41.2. The first-order valence-corrected chi connectivity index (χ1v) is 24.8. The molecule has 2 aromatic heterocycles. The van der Waals surface area contributed by atoms with Crippen LogP contribution in [0.15, 0.2) is 84.4 Å². The molecule has 4 amide bonds. The number of ether oxygens (including phenoxy) is 3. The van der Waals surface area contributed by atoms with Gasteiger partial charge in [-0.1, -0.05) is 87.5 Å². The summed E-state index contributed by atoms with van der Waals surface area (Å²) in [5.74, 6) is -1.74. The Kier molecular flexibility index (Phi) is 19.8. The van der Waals surface area contributed by atoms with Crippen molar-refractivity contribution in [2.75, 3.05) is 59.3 Å². The quantitative estimate of drug-likeness (QED) is 0.0166. The average Bonchev–Trinajstić information content (AvgIpc) is 4.05. The summed E-state index contributed by atoms with van der Waals surface area (Å²) in [5, 5.41) is 26.6. The molecule has 0 radical (unpaired) electrons. The molecule has 376 valence electrons. The zero-order chi connectivity index (χ0) is 50.2. The van der Waals surface area contributed by atoms with Crippen molar-refractivity contribution < 1.29 is 43.7 Å². The van der Waals surface area contributed by atoms with Crippen LogP contribution in [0, 0.1) is 19.3 Å². The fourth-order valence-electron chi connectivity index (χ4n) is 8.55. The normalized spacial score (nSPS) is 16.0. The Bertz CT molecular complexity index is 2520. The highest BCUT2D eigenvalue weighted by molar-refractivity contribution is 7.13. The van der Waals surface area contributed by atoms with Gasteiger partial charge in [0.05, 0.1) is 67.9 Å².